The van der Waals surface area contributed by atoms with Crippen LogP contribution >= 0.6 is 0 Å². The van der Waals surface area contributed by atoms with E-state index in [-0.39, 0.29) is 5.03 Å². The third-order valence-corrected chi connectivity index (χ3v) is 5.34. The number of benzene rings is 2. The van der Waals surface area contributed by atoms with E-state index in [2.05, 4.69) is 61.8 Å². The zero-order chi connectivity index (χ0) is 20.6. The van der Waals surface area contributed by atoms with Crippen molar-refractivity contribution in [3.8, 4) is 0 Å². The number of aryl methyl sites for hydroxylation is 1. The maximum Gasteiger partial charge on any atom is 0.190 e. The first-order chi connectivity index (χ1) is 13.4. The first-order valence-corrected chi connectivity index (χ1v) is 11.1. The van der Waals surface area contributed by atoms with E-state index in [1.807, 2.05) is 30.3 Å². The molecule has 3 nitrogen and oxygen atoms in total. The predicted octanol–water partition coefficient (Wildman–Crippen LogP) is 5.97. The van der Waals surface area contributed by atoms with Crippen LogP contribution in [0.4, 0.5) is 0 Å². The summed E-state index contributed by atoms with van der Waals surface area (Å²) in [6.45, 7) is 7.90. The van der Waals surface area contributed by atoms with E-state index in [1.165, 1.54) is 23.0 Å². The molecule has 0 saturated heterocycles. The molecule has 0 aliphatic rings. The SMILES string of the molecule is C=C/C=C\C(=C/C)c1ccc(CC)cc1.CS(=O)(=O)c1cc2ccccc2[nH]1. The summed E-state index contributed by atoms with van der Waals surface area (Å²) in [7, 11) is -3.12. The average molecular weight is 394 g/mol. The van der Waals surface area contributed by atoms with Gasteiger partial charge in [0.25, 0.3) is 0 Å². The summed E-state index contributed by atoms with van der Waals surface area (Å²) >= 11 is 0. The molecule has 2 aromatic carbocycles. The molecule has 0 fully saturated rings. The number of sulfone groups is 1. The van der Waals surface area contributed by atoms with E-state index < -0.39 is 9.84 Å². The van der Waals surface area contributed by atoms with Gasteiger partial charge in [-0.3, -0.25) is 0 Å². The Hall–Kier alpha value is -2.85. The largest absolute Gasteiger partial charge is 0.346 e. The molecule has 0 unspecified atom stereocenters. The second-order valence-electron chi connectivity index (χ2n) is 6.38. The van der Waals surface area contributed by atoms with Crippen molar-refractivity contribution >= 4 is 26.3 Å². The molecule has 28 heavy (non-hydrogen) atoms. The number of hydrogen-bond donors (Lipinski definition) is 1. The monoisotopic (exact) mass is 393 g/mol. The highest BCUT2D eigenvalue weighted by molar-refractivity contribution is 7.90. The maximum atomic E-state index is 11.2. The van der Waals surface area contributed by atoms with Crippen LogP contribution in [-0.2, 0) is 16.3 Å². The highest BCUT2D eigenvalue weighted by Gasteiger charge is 2.09. The molecule has 4 heteroatoms. The van der Waals surface area contributed by atoms with Crippen molar-refractivity contribution in [2.75, 3.05) is 6.26 Å². The lowest BCUT2D eigenvalue weighted by molar-refractivity contribution is 0.599. The summed E-state index contributed by atoms with van der Waals surface area (Å²) < 4.78 is 22.3. The molecule has 3 rings (SSSR count). The van der Waals surface area contributed by atoms with Gasteiger partial charge >= 0.3 is 0 Å². The van der Waals surface area contributed by atoms with Crippen LogP contribution in [0.25, 0.3) is 16.5 Å². The van der Waals surface area contributed by atoms with Gasteiger partial charge in [-0.25, -0.2) is 8.42 Å². The Kier molecular flexibility index (Phi) is 7.59. The summed E-state index contributed by atoms with van der Waals surface area (Å²) in [5.41, 5.74) is 4.72. The number of aromatic nitrogens is 1. The lowest BCUT2D eigenvalue weighted by Gasteiger charge is -2.03. The Morgan fingerprint density at radius 1 is 1.11 bits per heavy atom. The Morgan fingerprint density at radius 3 is 2.32 bits per heavy atom. The molecule has 0 amide bonds. The molecule has 1 heterocycles. The third-order valence-electron chi connectivity index (χ3n) is 4.32. The van der Waals surface area contributed by atoms with E-state index in [4.69, 9.17) is 0 Å². The summed E-state index contributed by atoms with van der Waals surface area (Å²) in [5, 5.41) is 1.19. The Morgan fingerprint density at radius 2 is 1.79 bits per heavy atom. The number of allylic oxidation sites excluding steroid dienone is 5. The number of para-hydroxylation sites is 1. The fourth-order valence-corrected chi connectivity index (χ4v) is 3.35. The van der Waals surface area contributed by atoms with Gasteiger partial charge in [0, 0.05) is 17.2 Å². The first-order valence-electron chi connectivity index (χ1n) is 9.21. The smallest absolute Gasteiger partial charge is 0.190 e. The molecule has 0 saturated carbocycles. The first kappa shape index (κ1) is 21.5. The lowest BCUT2D eigenvalue weighted by atomic mass is 10.0. The van der Waals surface area contributed by atoms with Crippen LogP contribution in [0, 0.1) is 0 Å². The number of nitrogens with one attached hydrogen (secondary N) is 1. The van der Waals surface area contributed by atoms with Crippen LogP contribution in [0.1, 0.15) is 25.0 Å². The highest BCUT2D eigenvalue weighted by Crippen LogP contribution is 2.18. The minimum absolute atomic E-state index is 0.272. The molecule has 0 aliphatic carbocycles. The minimum atomic E-state index is -3.12. The van der Waals surface area contributed by atoms with E-state index in [0.29, 0.717) is 0 Å². The van der Waals surface area contributed by atoms with Crippen LogP contribution in [-0.4, -0.2) is 19.7 Å². The lowest BCUT2D eigenvalue weighted by Crippen LogP contribution is -1.96. The predicted molar refractivity (Wildman–Crippen MR) is 120 cm³/mol. The van der Waals surface area contributed by atoms with Crippen LogP contribution in [0.3, 0.4) is 0 Å². The van der Waals surface area contributed by atoms with Gasteiger partial charge in [0.2, 0.25) is 0 Å². The number of fused-ring (bicyclic) bond motifs is 1. The molecule has 1 N–H and O–H groups in total. The van der Waals surface area contributed by atoms with Crippen molar-refractivity contribution in [2.24, 2.45) is 0 Å². The van der Waals surface area contributed by atoms with Gasteiger partial charge in [-0.05, 0) is 42.2 Å². The molecular weight excluding hydrogens is 366 g/mol. The fraction of sp³-hybridized carbons (Fsp3) is 0.167. The van der Waals surface area contributed by atoms with Crippen LogP contribution in [0.5, 0.6) is 0 Å². The minimum Gasteiger partial charge on any atom is -0.346 e. The third kappa shape index (κ3) is 5.83. The van der Waals surface area contributed by atoms with Gasteiger partial charge in [-0.15, -0.1) is 0 Å². The number of H-pyrrole nitrogens is 1. The highest BCUT2D eigenvalue weighted by atomic mass is 32.2. The van der Waals surface area contributed by atoms with Crippen LogP contribution in [0.2, 0.25) is 0 Å². The van der Waals surface area contributed by atoms with Gasteiger partial charge < -0.3 is 4.98 Å². The van der Waals surface area contributed by atoms with Gasteiger partial charge in [-0.2, -0.15) is 0 Å². The normalized spacial score (nSPS) is 12.0. The molecule has 0 atom stereocenters. The summed E-state index contributed by atoms with van der Waals surface area (Å²) in [6, 6.07) is 17.8. The van der Waals surface area contributed by atoms with E-state index in [0.717, 1.165) is 17.3 Å². The molecule has 0 bridgehead atoms. The molecule has 146 valence electrons. The molecule has 3 aromatic rings. The Bertz CT molecular complexity index is 1050. The second-order valence-corrected chi connectivity index (χ2v) is 8.37. The van der Waals surface area contributed by atoms with Gasteiger partial charge in [0.1, 0.15) is 5.03 Å². The zero-order valence-electron chi connectivity index (χ0n) is 16.6. The van der Waals surface area contributed by atoms with Crippen molar-refractivity contribution in [3.63, 3.8) is 0 Å². The Labute approximate surface area is 168 Å². The van der Waals surface area contributed by atoms with Crippen molar-refractivity contribution in [1.29, 1.82) is 0 Å². The quantitative estimate of drug-likeness (QED) is 0.543. The molecule has 1 aromatic heterocycles. The molecule has 0 aliphatic heterocycles. The van der Waals surface area contributed by atoms with E-state index in [9.17, 15) is 8.42 Å². The maximum absolute atomic E-state index is 11.2. The van der Waals surface area contributed by atoms with Crippen LogP contribution in [0.15, 0.2) is 90.5 Å². The number of aromatic amines is 1. The number of rotatable bonds is 5. The Balaban J connectivity index is 0.000000202. The van der Waals surface area contributed by atoms with Crippen molar-refractivity contribution in [3.05, 3.63) is 96.6 Å². The van der Waals surface area contributed by atoms with Crippen molar-refractivity contribution in [2.45, 2.75) is 25.3 Å². The molecular formula is C24H27NO2S. The second kappa shape index (κ2) is 9.90. The molecule has 0 radical (unpaired) electrons. The molecule has 0 spiro atoms. The van der Waals surface area contributed by atoms with Crippen molar-refractivity contribution in [1.82, 2.24) is 4.98 Å². The van der Waals surface area contributed by atoms with Gasteiger partial charge in [-0.1, -0.05) is 80.3 Å². The van der Waals surface area contributed by atoms with Gasteiger partial charge in [0.05, 0.1) is 0 Å². The number of hydrogen-bond acceptors (Lipinski definition) is 2. The summed E-state index contributed by atoms with van der Waals surface area (Å²) in [5.74, 6) is 0. The van der Waals surface area contributed by atoms with Gasteiger partial charge in [0.15, 0.2) is 9.84 Å². The average Bonchev–Trinajstić information content (AvgIpc) is 3.14. The topological polar surface area (TPSA) is 49.9 Å². The fourth-order valence-electron chi connectivity index (χ4n) is 2.71. The zero-order valence-corrected chi connectivity index (χ0v) is 17.5. The van der Waals surface area contributed by atoms with Crippen molar-refractivity contribution < 1.29 is 8.42 Å². The van der Waals surface area contributed by atoms with E-state index in [1.54, 1.807) is 12.1 Å². The summed E-state index contributed by atoms with van der Waals surface area (Å²) in [6.07, 6.45) is 10.2. The van der Waals surface area contributed by atoms with Crippen LogP contribution < -0.4 is 0 Å². The van der Waals surface area contributed by atoms with E-state index >= 15 is 0 Å². The summed E-state index contributed by atoms with van der Waals surface area (Å²) in [4.78, 5) is 2.85. The standard InChI is InChI=1S/C15H18.C9H9NO2S/c1-4-7-8-14(6-3)15-11-9-13(5-2)10-12-15;1-13(11,12)9-6-7-4-2-3-5-8(7)10-9/h4,6-12H,1,5H2,2-3H3;2-6,10H,1H3/b8-7-,14-6+;.